The van der Waals surface area contributed by atoms with Gasteiger partial charge >= 0.3 is 13.6 Å². The van der Waals surface area contributed by atoms with Gasteiger partial charge in [-0.3, -0.25) is 9.09 Å². The number of benzene rings is 2. The van der Waals surface area contributed by atoms with Crippen LogP contribution in [0.15, 0.2) is 60.7 Å². The van der Waals surface area contributed by atoms with Crippen molar-refractivity contribution in [1.29, 1.82) is 0 Å². The van der Waals surface area contributed by atoms with Crippen molar-refractivity contribution in [3.8, 4) is 0 Å². The third-order valence-electron chi connectivity index (χ3n) is 3.45. The van der Waals surface area contributed by atoms with Crippen LogP contribution in [0, 0.1) is 0 Å². The lowest BCUT2D eigenvalue weighted by molar-refractivity contribution is -0.159. The molecule has 6 heteroatoms. The van der Waals surface area contributed by atoms with E-state index in [1.54, 1.807) is 54.6 Å². The van der Waals surface area contributed by atoms with Crippen molar-refractivity contribution in [3.63, 3.8) is 0 Å². The van der Waals surface area contributed by atoms with E-state index in [1.165, 1.54) is 14.0 Å². The second-order valence-corrected chi connectivity index (χ2v) is 7.04. The number of methoxy groups -OCH3 is 1. The van der Waals surface area contributed by atoms with E-state index >= 15 is 0 Å². The minimum Gasteiger partial charge on any atom is -0.467 e. The zero-order valence-electron chi connectivity index (χ0n) is 13.0. The van der Waals surface area contributed by atoms with Crippen LogP contribution in [0.3, 0.4) is 0 Å². The fourth-order valence-corrected chi connectivity index (χ4v) is 3.78. The molecule has 122 valence electrons. The molecule has 0 spiro atoms. The Balaban J connectivity index is 2.31. The molecule has 0 saturated heterocycles. The molecule has 2 aromatic carbocycles. The van der Waals surface area contributed by atoms with E-state index < -0.39 is 19.2 Å². The zero-order valence-corrected chi connectivity index (χ0v) is 13.9. The maximum absolute atomic E-state index is 12.5. The smallest absolute Gasteiger partial charge is 0.343 e. The van der Waals surface area contributed by atoms with Crippen molar-refractivity contribution in [3.05, 3.63) is 71.8 Å². The lowest BCUT2D eigenvalue weighted by Crippen LogP contribution is -2.36. The third kappa shape index (κ3) is 4.29. The topological polar surface area (TPSA) is 72.8 Å². The molecular formula is C17H19O5P. The Kier molecular flexibility index (Phi) is 5.37. The van der Waals surface area contributed by atoms with Crippen LogP contribution in [0.2, 0.25) is 0 Å². The first-order valence-corrected chi connectivity index (χ1v) is 8.84. The van der Waals surface area contributed by atoms with Gasteiger partial charge in [0, 0.05) is 0 Å². The third-order valence-corrected chi connectivity index (χ3v) is 4.87. The molecule has 0 saturated carbocycles. The molecule has 1 N–H and O–H groups in total. The Hall–Kier alpha value is -1.94. The molecule has 2 rings (SSSR count). The molecule has 0 aliphatic rings. The van der Waals surface area contributed by atoms with Crippen molar-refractivity contribution in [2.45, 2.75) is 18.7 Å². The predicted octanol–water partition coefficient (Wildman–Crippen LogP) is 3.48. The number of hydrogen-bond donors (Lipinski definition) is 1. The summed E-state index contributed by atoms with van der Waals surface area (Å²) in [6.07, 6.45) is -0.187. The van der Waals surface area contributed by atoms with Gasteiger partial charge in [-0.25, -0.2) is 4.79 Å². The van der Waals surface area contributed by atoms with Crippen molar-refractivity contribution < 1.29 is 23.5 Å². The monoisotopic (exact) mass is 334 g/mol. The van der Waals surface area contributed by atoms with Gasteiger partial charge in [-0.2, -0.15) is 0 Å². The first-order valence-electron chi connectivity index (χ1n) is 7.08. The van der Waals surface area contributed by atoms with Gasteiger partial charge in [0.1, 0.15) is 0 Å². The largest absolute Gasteiger partial charge is 0.467 e. The lowest BCUT2D eigenvalue weighted by atomic mass is 9.96. The van der Waals surface area contributed by atoms with E-state index in [4.69, 9.17) is 9.26 Å². The van der Waals surface area contributed by atoms with Gasteiger partial charge in [0.15, 0.2) is 5.60 Å². The van der Waals surface area contributed by atoms with Crippen LogP contribution >= 0.6 is 7.60 Å². The van der Waals surface area contributed by atoms with Gasteiger partial charge in [-0.15, -0.1) is 0 Å². The average Bonchev–Trinajstić information content (AvgIpc) is 2.54. The Bertz CT molecular complexity index is 701. The van der Waals surface area contributed by atoms with Crippen LogP contribution < -0.4 is 0 Å². The summed E-state index contributed by atoms with van der Waals surface area (Å²) in [7, 11) is -2.85. The summed E-state index contributed by atoms with van der Waals surface area (Å²) < 4.78 is 22.7. The van der Waals surface area contributed by atoms with Crippen LogP contribution in [0.1, 0.15) is 18.1 Å². The molecule has 2 aromatic rings. The van der Waals surface area contributed by atoms with E-state index in [1.807, 2.05) is 6.07 Å². The highest BCUT2D eigenvalue weighted by atomic mass is 31.2. The van der Waals surface area contributed by atoms with Gasteiger partial charge in [0.2, 0.25) is 0 Å². The number of rotatable bonds is 6. The Morgan fingerprint density at radius 2 is 1.61 bits per heavy atom. The Morgan fingerprint density at radius 1 is 1.09 bits per heavy atom. The summed E-state index contributed by atoms with van der Waals surface area (Å²) in [4.78, 5) is 22.4. The maximum atomic E-state index is 12.5. The predicted molar refractivity (Wildman–Crippen MR) is 86.9 cm³/mol. The van der Waals surface area contributed by atoms with Crippen LogP contribution in [0.25, 0.3) is 0 Å². The minimum absolute atomic E-state index is 0.187. The van der Waals surface area contributed by atoms with Crippen molar-refractivity contribution in [2.24, 2.45) is 0 Å². The normalized spacial score (nSPS) is 16.1. The molecule has 0 radical (unpaired) electrons. The summed E-state index contributed by atoms with van der Waals surface area (Å²) in [5.41, 5.74) is -0.553. The highest BCUT2D eigenvalue weighted by Gasteiger charge is 2.43. The van der Waals surface area contributed by atoms with Crippen LogP contribution in [-0.2, 0) is 30.4 Å². The standard InChI is InChI=1S/C17H19O5P/c1-17(16(18)21-2,15-11-7-4-8-12-15)22-23(19,20)13-14-9-5-3-6-10-14/h3-12H,13H2,1-2H3,(H,19,20)/t17-/m1/s1. The molecule has 23 heavy (non-hydrogen) atoms. The van der Waals surface area contributed by atoms with Crippen LogP contribution in [-0.4, -0.2) is 18.0 Å². The van der Waals surface area contributed by atoms with E-state index in [9.17, 15) is 14.3 Å². The van der Waals surface area contributed by atoms with Gasteiger partial charge in [-0.1, -0.05) is 60.7 Å². The molecule has 0 heterocycles. The van der Waals surface area contributed by atoms with E-state index in [2.05, 4.69) is 0 Å². The summed E-state index contributed by atoms with van der Waals surface area (Å²) in [5, 5.41) is 0. The highest BCUT2D eigenvalue weighted by molar-refractivity contribution is 7.52. The SMILES string of the molecule is COC(=O)[C@](C)(OP(=O)(O)Cc1ccccc1)c1ccccc1. The molecule has 0 aliphatic carbocycles. The minimum atomic E-state index is -4.07. The number of carbonyl (C=O) groups excluding carboxylic acids is 1. The number of ether oxygens (including phenoxy) is 1. The maximum Gasteiger partial charge on any atom is 0.343 e. The van der Waals surface area contributed by atoms with E-state index in [0.717, 1.165) is 0 Å². The number of esters is 1. The van der Waals surface area contributed by atoms with Crippen molar-refractivity contribution >= 4 is 13.6 Å². The molecule has 5 nitrogen and oxygen atoms in total. The summed E-state index contributed by atoms with van der Waals surface area (Å²) in [5.74, 6) is -0.731. The summed E-state index contributed by atoms with van der Waals surface area (Å²) in [6.45, 7) is 1.43. The zero-order chi connectivity index (χ0) is 16.9. The van der Waals surface area contributed by atoms with Crippen LogP contribution in [0.4, 0.5) is 0 Å². The highest BCUT2D eigenvalue weighted by Crippen LogP contribution is 2.52. The van der Waals surface area contributed by atoms with Crippen molar-refractivity contribution in [2.75, 3.05) is 7.11 Å². The molecular weight excluding hydrogens is 315 g/mol. The molecule has 0 aliphatic heterocycles. The quantitative estimate of drug-likeness (QED) is 0.647. The molecule has 0 bridgehead atoms. The second kappa shape index (κ2) is 7.09. The lowest BCUT2D eigenvalue weighted by Gasteiger charge is -2.29. The first-order chi connectivity index (χ1) is 10.9. The number of carbonyl (C=O) groups is 1. The summed E-state index contributed by atoms with van der Waals surface area (Å²) in [6, 6.07) is 17.3. The Morgan fingerprint density at radius 3 is 2.13 bits per heavy atom. The van der Waals surface area contributed by atoms with Gasteiger partial charge in [0.25, 0.3) is 0 Å². The van der Waals surface area contributed by atoms with Crippen molar-refractivity contribution in [1.82, 2.24) is 0 Å². The Labute approximate surface area is 135 Å². The van der Waals surface area contributed by atoms with E-state index in [-0.39, 0.29) is 6.16 Å². The molecule has 2 atom stereocenters. The van der Waals surface area contributed by atoms with Gasteiger partial charge in [0.05, 0.1) is 13.3 Å². The van der Waals surface area contributed by atoms with Crippen LogP contribution in [0.5, 0.6) is 0 Å². The average molecular weight is 334 g/mol. The summed E-state index contributed by atoms with van der Waals surface area (Å²) >= 11 is 0. The molecule has 0 amide bonds. The van der Waals surface area contributed by atoms with E-state index in [0.29, 0.717) is 11.1 Å². The van der Waals surface area contributed by atoms with Gasteiger partial charge in [-0.05, 0) is 18.1 Å². The fourth-order valence-electron chi connectivity index (χ4n) is 2.29. The van der Waals surface area contributed by atoms with Gasteiger partial charge < -0.3 is 9.63 Å². The fraction of sp³-hybridized carbons (Fsp3) is 0.235. The molecule has 0 fully saturated rings. The molecule has 1 unspecified atom stereocenters. The first kappa shape index (κ1) is 17.4. The molecule has 0 aromatic heterocycles. The number of hydrogen-bond acceptors (Lipinski definition) is 4. The second-order valence-electron chi connectivity index (χ2n) is 5.26.